The molecule has 0 atom stereocenters. The summed E-state index contributed by atoms with van der Waals surface area (Å²) < 4.78 is 6.48. The first-order valence-electron chi connectivity index (χ1n) is 8.31. The summed E-state index contributed by atoms with van der Waals surface area (Å²) in [5, 5.41) is 2.67. The van der Waals surface area contributed by atoms with Gasteiger partial charge in [0.15, 0.2) is 0 Å². The van der Waals surface area contributed by atoms with Crippen molar-refractivity contribution in [2.45, 2.75) is 0 Å². The Labute approximate surface area is 178 Å². The SMILES string of the molecule is O=C1NC(=O)N(c2cccnc2)C(=O)/C1=C/c1ccc(-c2ccc(Br)c(Cl)c2)o1. The average Bonchev–Trinajstić information content (AvgIpc) is 3.17. The van der Waals surface area contributed by atoms with Crippen LogP contribution in [0.5, 0.6) is 0 Å². The van der Waals surface area contributed by atoms with Crippen molar-refractivity contribution in [3.05, 3.63) is 75.7 Å². The average molecular weight is 473 g/mol. The summed E-state index contributed by atoms with van der Waals surface area (Å²) in [4.78, 5) is 41.9. The van der Waals surface area contributed by atoms with E-state index in [1.165, 1.54) is 18.5 Å². The predicted molar refractivity (Wildman–Crippen MR) is 110 cm³/mol. The summed E-state index contributed by atoms with van der Waals surface area (Å²) in [5.74, 6) is -0.783. The molecule has 0 bridgehead atoms. The van der Waals surface area contributed by atoms with E-state index in [9.17, 15) is 14.4 Å². The number of benzene rings is 1. The highest BCUT2D eigenvalue weighted by atomic mass is 79.9. The second kappa shape index (κ2) is 7.65. The number of urea groups is 1. The fraction of sp³-hybridized carbons (Fsp3) is 0. The number of nitrogens with one attached hydrogen (secondary N) is 1. The molecule has 3 aromatic rings. The monoisotopic (exact) mass is 471 g/mol. The molecule has 1 saturated heterocycles. The van der Waals surface area contributed by atoms with Gasteiger partial charge in [0, 0.05) is 16.2 Å². The van der Waals surface area contributed by atoms with Crippen LogP contribution in [0.15, 0.2) is 69.3 Å². The first kappa shape index (κ1) is 19.1. The van der Waals surface area contributed by atoms with Crippen LogP contribution in [-0.2, 0) is 9.59 Å². The van der Waals surface area contributed by atoms with Crippen LogP contribution in [0, 0.1) is 0 Å². The molecule has 1 N–H and O–H groups in total. The standard InChI is InChI=1S/C20H11BrClN3O4/c21-15-5-3-11(8-16(15)22)17-6-4-13(29-17)9-14-18(26)24-20(28)25(19(14)27)12-2-1-7-23-10-12/h1-10H,(H,24,26,28)/b14-9+. The molecular weight excluding hydrogens is 462 g/mol. The highest BCUT2D eigenvalue weighted by Crippen LogP contribution is 2.30. The molecule has 144 valence electrons. The number of rotatable bonds is 3. The highest BCUT2D eigenvalue weighted by Gasteiger charge is 2.37. The third-order valence-electron chi connectivity index (χ3n) is 4.12. The molecule has 0 saturated carbocycles. The Bertz CT molecular complexity index is 1170. The van der Waals surface area contributed by atoms with Gasteiger partial charge in [0.05, 0.1) is 16.9 Å². The van der Waals surface area contributed by atoms with Crippen LogP contribution in [0.3, 0.4) is 0 Å². The van der Waals surface area contributed by atoms with Crippen molar-refractivity contribution in [2.75, 3.05) is 4.90 Å². The van der Waals surface area contributed by atoms with Crippen LogP contribution in [0.1, 0.15) is 5.76 Å². The lowest BCUT2D eigenvalue weighted by Gasteiger charge is -2.25. The van der Waals surface area contributed by atoms with Crippen molar-refractivity contribution in [3.63, 3.8) is 0 Å². The smallest absolute Gasteiger partial charge is 0.336 e. The molecule has 0 spiro atoms. The summed E-state index contributed by atoms with van der Waals surface area (Å²) in [6.07, 6.45) is 4.15. The van der Waals surface area contributed by atoms with E-state index in [0.29, 0.717) is 10.8 Å². The molecular formula is C20H11BrClN3O4. The van der Waals surface area contributed by atoms with Crippen LogP contribution >= 0.6 is 27.5 Å². The van der Waals surface area contributed by atoms with E-state index in [2.05, 4.69) is 26.2 Å². The predicted octanol–water partition coefficient (Wildman–Crippen LogP) is 4.42. The Hall–Kier alpha value is -3.23. The molecule has 29 heavy (non-hydrogen) atoms. The lowest BCUT2D eigenvalue weighted by molar-refractivity contribution is -0.122. The number of hydrogen-bond donors (Lipinski definition) is 1. The Morgan fingerprint density at radius 3 is 2.69 bits per heavy atom. The summed E-state index contributed by atoms with van der Waals surface area (Å²) >= 11 is 9.44. The molecule has 2 aromatic heterocycles. The van der Waals surface area contributed by atoms with Crippen LogP contribution in [0.2, 0.25) is 5.02 Å². The van der Waals surface area contributed by atoms with Gasteiger partial charge in [0.25, 0.3) is 11.8 Å². The number of furan rings is 1. The fourth-order valence-corrected chi connectivity index (χ4v) is 3.18. The van der Waals surface area contributed by atoms with Gasteiger partial charge in [-0.3, -0.25) is 19.9 Å². The zero-order chi connectivity index (χ0) is 20.5. The third kappa shape index (κ3) is 3.72. The lowest BCUT2D eigenvalue weighted by Crippen LogP contribution is -2.54. The van der Waals surface area contributed by atoms with Gasteiger partial charge < -0.3 is 4.42 Å². The Balaban J connectivity index is 1.67. The fourth-order valence-electron chi connectivity index (χ4n) is 2.76. The molecule has 1 aliphatic rings. The molecule has 4 rings (SSSR count). The number of pyridine rings is 1. The number of carbonyl (C=O) groups is 3. The molecule has 9 heteroatoms. The first-order chi connectivity index (χ1) is 13.9. The van der Waals surface area contributed by atoms with Gasteiger partial charge in [-0.15, -0.1) is 0 Å². The quantitative estimate of drug-likeness (QED) is 0.450. The molecule has 7 nitrogen and oxygen atoms in total. The van der Waals surface area contributed by atoms with Gasteiger partial charge in [-0.2, -0.15) is 0 Å². The van der Waals surface area contributed by atoms with E-state index in [4.69, 9.17) is 16.0 Å². The molecule has 1 aromatic carbocycles. The van der Waals surface area contributed by atoms with Crippen molar-refractivity contribution in [3.8, 4) is 11.3 Å². The van der Waals surface area contributed by atoms with Gasteiger partial charge in [0.2, 0.25) is 0 Å². The largest absolute Gasteiger partial charge is 0.457 e. The van der Waals surface area contributed by atoms with Gasteiger partial charge in [-0.05, 0) is 58.4 Å². The summed E-state index contributed by atoms with van der Waals surface area (Å²) in [6, 6.07) is 10.9. The molecule has 0 unspecified atom stereocenters. The van der Waals surface area contributed by atoms with Gasteiger partial charge >= 0.3 is 6.03 Å². The maximum absolute atomic E-state index is 12.8. The minimum Gasteiger partial charge on any atom is -0.457 e. The number of amides is 4. The zero-order valence-corrected chi connectivity index (χ0v) is 16.9. The normalized spacial score (nSPS) is 15.7. The molecule has 4 amide bonds. The van der Waals surface area contributed by atoms with E-state index in [1.807, 2.05) is 6.07 Å². The molecule has 0 radical (unpaired) electrons. The number of anilines is 1. The number of aromatic nitrogens is 1. The summed E-state index contributed by atoms with van der Waals surface area (Å²) in [7, 11) is 0. The Morgan fingerprint density at radius 1 is 1.14 bits per heavy atom. The molecule has 1 aliphatic heterocycles. The molecule has 1 fully saturated rings. The number of imide groups is 2. The lowest BCUT2D eigenvalue weighted by atomic mass is 10.1. The van der Waals surface area contributed by atoms with Gasteiger partial charge in [-0.1, -0.05) is 17.7 Å². The first-order valence-corrected chi connectivity index (χ1v) is 9.48. The zero-order valence-electron chi connectivity index (χ0n) is 14.6. The van der Waals surface area contributed by atoms with Crippen molar-refractivity contribution < 1.29 is 18.8 Å². The number of hydrogen-bond acceptors (Lipinski definition) is 5. The maximum atomic E-state index is 12.8. The minimum atomic E-state index is -0.838. The summed E-state index contributed by atoms with van der Waals surface area (Å²) in [6.45, 7) is 0. The number of carbonyl (C=O) groups excluding carboxylic acids is 3. The van der Waals surface area contributed by atoms with Gasteiger partial charge in [-0.25, -0.2) is 9.69 Å². The molecule has 3 heterocycles. The topological polar surface area (TPSA) is 92.5 Å². The van der Waals surface area contributed by atoms with Crippen molar-refractivity contribution in [1.29, 1.82) is 0 Å². The van der Waals surface area contributed by atoms with E-state index in [0.717, 1.165) is 14.9 Å². The number of barbiturate groups is 1. The van der Waals surface area contributed by atoms with Crippen molar-refractivity contribution >= 4 is 57.1 Å². The van der Waals surface area contributed by atoms with Crippen molar-refractivity contribution in [2.24, 2.45) is 0 Å². The third-order valence-corrected chi connectivity index (χ3v) is 5.36. The van der Waals surface area contributed by atoms with E-state index in [-0.39, 0.29) is 17.0 Å². The Morgan fingerprint density at radius 2 is 1.97 bits per heavy atom. The van der Waals surface area contributed by atoms with Crippen LogP contribution in [0.4, 0.5) is 10.5 Å². The van der Waals surface area contributed by atoms with Gasteiger partial charge in [0.1, 0.15) is 17.1 Å². The number of halogens is 2. The Kier molecular flexibility index (Phi) is 5.04. The summed E-state index contributed by atoms with van der Waals surface area (Å²) in [5.41, 5.74) is 0.746. The maximum Gasteiger partial charge on any atom is 0.336 e. The highest BCUT2D eigenvalue weighted by molar-refractivity contribution is 9.10. The second-order valence-electron chi connectivity index (χ2n) is 6.00. The van der Waals surface area contributed by atoms with E-state index >= 15 is 0 Å². The van der Waals surface area contributed by atoms with E-state index < -0.39 is 17.8 Å². The van der Waals surface area contributed by atoms with E-state index in [1.54, 1.807) is 36.4 Å². The minimum absolute atomic E-state index is 0.233. The molecule has 0 aliphatic carbocycles. The van der Waals surface area contributed by atoms with Crippen LogP contribution in [-0.4, -0.2) is 22.8 Å². The van der Waals surface area contributed by atoms with Crippen LogP contribution in [0.25, 0.3) is 17.4 Å². The van der Waals surface area contributed by atoms with Crippen molar-refractivity contribution in [1.82, 2.24) is 10.3 Å². The number of nitrogens with zero attached hydrogens (tertiary/aromatic N) is 2. The van der Waals surface area contributed by atoms with Crippen LogP contribution < -0.4 is 10.2 Å². The second-order valence-corrected chi connectivity index (χ2v) is 7.26.